The smallest absolute Gasteiger partial charge is 0.254 e. The molecule has 1 atom stereocenters. The summed E-state index contributed by atoms with van der Waals surface area (Å²) in [4.78, 5) is 39.5. The Hall–Kier alpha value is -3.67. The number of hydrogen-bond acceptors (Lipinski definition) is 3. The average molecular weight is 430 g/mol. The molecule has 1 heterocycles. The topological polar surface area (TPSA) is 78.5 Å². The highest BCUT2D eigenvalue weighted by Gasteiger charge is 2.29. The van der Waals surface area contributed by atoms with Gasteiger partial charge in [0.15, 0.2) is 0 Å². The first-order valence-electron chi connectivity index (χ1n) is 10.9. The summed E-state index contributed by atoms with van der Waals surface area (Å²) >= 11 is 0. The molecule has 0 bridgehead atoms. The first kappa shape index (κ1) is 21.6. The van der Waals surface area contributed by atoms with E-state index in [1.165, 1.54) is 6.92 Å². The van der Waals surface area contributed by atoms with Crippen LogP contribution in [-0.2, 0) is 9.59 Å². The van der Waals surface area contributed by atoms with Crippen LogP contribution < -0.4 is 10.6 Å². The lowest BCUT2D eigenvalue weighted by atomic mass is 9.95. The molecule has 0 saturated carbocycles. The van der Waals surface area contributed by atoms with Crippen molar-refractivity contribution in [3.05, 3.63) is 71.8 Å². The number of fused-ring (bicyclic) bond motifs is 1. The zero-order valence-electron chi connectivity index (χ0n) is 18.4. The number of piperidine rings is 1. The zero-order valence-corrected chi connectivity index (χ0v) is 18.4. The molecule has 6 nitrogen and oxygen atoms in total. The van der Waals surface area contributed by atoms with Crippen molar-refractivity contribution >= 4 is 39.9 Å². The lowest BCUT2D eigenvalue weighted by molar-refractivity contribution is -0.121. The van der Waals surface area contributed by atoms with Gasteiger partial charge in [-0.05, 0) is 54.3 Å². The summed E-state index contributed by atoms with van der Waals surface area (Å²) in [5.41, 5.74) is 2.88. The first-order chi connectivity index (χ1) is 15.4. The molecule has 164 valence electrons. The maximum Gasteiger partial charge on any atom is 0.254 e. The van der Waals surface area contributed by atoms with E-state index in [4.69, 9.17) is 0 Å². The lowest BCUT2D eigenvalue weighted by Gasteiger charge is -2.32. The highest BCUT2D eigenvalue weighted by atomic mass is 16.2. The van der Waals surface area contributed by atoms with Crippen molar-refractivity contribution in [1.29, 1.82) is 0 Å². The number of carbonyl (C=O) groups excluding carboxylic acids is 3. The van der Waals surface area contributed by atoms with E-state index in [-0.39, 0.29) is 23.6 Å². The van der Waals surface area contributed by atoms with Crippen molar-refractivity contribution in [2.75, 3.05) is 23.7 Å². The molecule has 0 spiro atoms. The van der Waals surface area contributed by atoms with Gasteiger partial charge in [-0.1, -0.05) is 42.5 Å². The van der Waals surface area contributed by atoms with Crippen LogP contribution >= 0.6 is 0 Å². The van der Waals surface area contributed by atoms with E-state index in [1.54, 1.807) is 17.0 Å². The predicted molar refractivity (Wildman–Crippen MR) is 127 cm³/mol. The van der Waals surface area contributed by atoms with Crippen LogP contribution in [0.2, 0.25) is 0 Å². The average Bonchev–Trinajstić information content (AvgIpc) is 2.80. The summed E-state index contributed by atoms with van der Waals surface area (Å²) in [6.45, 7) is 4.38. The summed E-state index contributed by atoms with van der Waals surface area (Å²) in [6.07, 6.45) is 1.51. The third-order valence-electron chi connectivity index (χ3n) is 5.92. The fourth-order valence-electron chi connectivity index (χ4n) is 4.23. The molecule has 1 aliphatic rings. The summed E-state index contributed by atoms with van der Waals surface area (Å²) in [6, 6.07) is 19.0. The number of rotatable bonds is 4. The van der Waals surface area contributed by atoms with Gasteiger partial charge in [0.05, 0.1) is 5.92 Å². The Labute approximate surface area is 187 Å². The third-order valence-corrected chi connectivity index (χ3v) is 5.92. The lowest BCUT2D eigenvalue weighted by Crippen LogP contribution is -2.43. The number of amides is 3. The predicted octanol–water partition coefficient (Wildman–Crippen LogP) is 4.60. The molecule has 0 radical (unpaired) electrons. The third kappa shape index (κ3) is 4.64. The molecule has 4 rings (SSSR count). The van der Waals surface area contributed by atoms with Crippen LogP contribution in [0.25, 0.3) is 10.8 Å². The van der Waals surface area contributed by atoms with Gasteiger partial charge >= 0.3 is 0 Å². The minimum atomic E-state index is -0.286. The maximum atomic E-state index is 13.3. The minimum Gasteiger partial charge on any atom is -0.338 e. The number of likely N-dealkylation sites (tertiary alicyclic amines) is 1. The number of nitrogens with zero attached hydrogens (tertiary/aromatic N) is 1. The van der Waals surface area contributed by atoms with Crippen LogP contribution in [-0.4, -0.2) is 35.7 Å². The molecular formula is C26H27N3O3. The molecule has 32 heavy (non-hydrogen) atoms. The number of aryl methyl sites for hydroxylation is 1. The van der Waals surface area contributed by atoms with Crippen LogP contribution in [0.5, 0.6) is 0 Å². The number of anilines is 2. The molecule has 0 aromatic heterocycles. The first-order valence-corrected chi connectivity index (χ1v) is 10.9. The van der Waals surface area contributed by atoms with Crippen LogP contribution in [0.4, 0.5) is 11.4 Å². The fourth-order valence-corrected chi connectivity index (χ4v) is 4.23. The van der Waals surface area contributed by atoms with E-state index >= 15 is 0 Å². The van der Waals surface area contributed by atoms with E-state index in [0.717, 1.165) is 29.2 Å². The summed E-state index contributed by atoms with van der Waals surface area (Å²) < 4.78 is 0. The number of benzene rings is 3. The van der Waals surface area contributed by atoms with Crippen molar-refractivity contribution in [2.45, 2.75) is 26.7 Å². The van der Waals surface area contributed by atoms with Gasteiger partial charge in [-0.3, -0.25) is 14.4 Å². The highest BCUT2D eigenvalue weighted by Crippen LogP contribution is 2.26. The molecular weight excluding hydrogens is 402 g/mol. The van der Waals surface area contributed by atoms with E-state index < -0.39 is 0 Å². The van der Waals surface area contributed by atoms with Crippen molar-refractivity contribution in [3.63, 3.8) is 0 Å². The van der Waals surface area contributed by atoms with E-state index in [2.05, 4.69) is 10.6 Å². The highest BCUT2D eigenvalue weighted by molar-refractivity contribution is 6.07. The molecule has 1 aliphatic heterocycles. The van der Waals surface area contributed by atoms with E-state index in [9.17, 15) is 14.4 Å². The van der Waals surface area contributed by atoms with Gasteiger partial charge < -0.3 is 15.5 Å². The Kier molecular flexibility index (Phi) is 6.21. The van der Waals surface area contributed by atoms with Crippen LogP contribution in [0, 0.1) is 12.8 Å². The van der Waals surface area contributed by atoms with Crippen LogP contribution in [0.3, 0.4) is 0 Å². The molecule has 1 saturated heterocycles. The largest absolute Gasteiger partial charge is 0.338 e. The molecule has 6 heteroatoms. The number of carbonyl (C=O) groups is 3. The van der Waals surface area contributed by atoms with Gasteiger partial charge in [0.25, 0.3) is 5.91 Å². The minimum absolute atomic E-state index is 0.0388. The zero-order chi connectivity index (χ0) is 22.7. The molecule has 3 aromatic rings. The second kappa shape index (κ2) is 9.22. The second-order valence-electron chi connectivity index (χ2n) is 8.32. The molecule has 2 N–H and O–H groups in total. The molecule has 3 amide bonds. The van der Waals surface area contributed by atoms with E-state index in [0.29, 0.717) is 30.0 Å². The van der Waals surface area contributed by atoms with E-state index in [1.807, 2.05) is 55.5 Å². The number of nitrogens with one attached hydrogen (secondary N) is 2. The maximum absolute atomic E-state index is 13.3. The second-order valence-corrected chi connectivity index (χ2v) is 8.32. The quantitative estimate of drug-likeness (QED) is 0.636. The number of hydrogen-bond donors (Lipinski definition) is 2. The molecule has 1 fully saturated rings. The van der Waals surface area contributed by atoms with Crippen molar-refractivity contribution in [2.24, 2.45) is 5.92 Å². The summed E-state index contributed by atoms with van der Waals surface area (Å²) in [5, 5.41) is 7.69. The van der Waals surface area contributed by atoms with Gasteiger partial charge in [-0.15, -0.1) is 0 Å². The van der Waals surface area contributed by atoms with Crippen molar-refractivity contribution < 1.29 is 14.4 Å². The monoisotopic (exact) mass is 429 g/mol. The normalized spacial score (nSPS) is 15.9. The Morgan fingerprint density at radius 1 is 0.969 bits per heavy atom. The van der Waals surface area contributed by atoms with Crippen LogP contribution in [0.1, 0.15) is 35.7 Å². The molecule has 3 aromatic carbocycles. The van der Waals surface area contributed by atoms with Gasteiger partial charge in [0.1, 0.15) is 0 Å². The Morgan fingerprint density at radius 2 is 1.75 bits per heavy atom. The SMILES string of the molecule is CC(=O)Nc1ccc(C)c(NC(=O)C2CCCN(C(=O)c3cccc4ccccc34)C2)c1. The molecule has 1 unspecified atom stereocenters. The van der Waals surface area contributed by atoms with Crippen LogP contribution in [0.15, 0.2) is 60.7 Å². The van der Waals surface area contributed by atoms with Gasteiger partial charge in [-0.2, -0.15) is 0 Å². The summed E-state index contributed by atoms with van der Waals surface area (Å²) in [7, 11) is 0. The fraction of sp³-hybridized carbons (Fsp3) is 0.269. The van der Waals surface area contributed by atoms with Gasteiger partial charge in [-0.25, -0.2) is 0 Å². The van der Waals surface area contributed by atoms with Gasteiger partial charge in [0, 0.05) is 37.0 Å². The standard InChI is InChI=1S/C26H27N3O3/c1-17-12-13-21(27-18(2)30)15-24(17)28-25(31)20-9-6-14-29(16-20)26(32)23-11-5-8-19-7-3-4-10-22(19)23/h3-5,7-8,10-13,15,20H,6,9,14,16H2,1-2H3,(H,27,30)(H,28,31). The Balaban J connectivity index is 1.49. The summed E-state index contributed by atoms with van der Waals surface area (Å²) in [5.74, 6) is -0.598. The van der Waals surface area contributed by atoms with Crippen molar-refractivity contribution in [3.8, 4) is 0 Å². The Morgan fingerprint density at radius 3 is 2.56 bits per heavy atom. The Bertz CT molecular complexity index is 1180. The van der Waals surface area contributed by atoms with Crippen molar-refractivity contribution in [1.82, 2.24) is 4.90 Å². The molecule has 0 aliphatic carbocycles. The van der Waals surface area contributed by atoms with Gasteiger partial charge in [0.2, 0.25) is 11.8 Å².